The van der Waals surface area contributed by atoms with Crippen molar-refractivity contribution >= 4 is 24.3 Å². The molecule has 1 atom stereocenters. The minimum Gasteiger partial charge on any atom is -0.480 e. The average molecular weight is 347 g/mol. The van der Waals surface area contributed by atoms with Crippen LogP contribution in [0.3, 0.4) is 0 Å². The summed E-state index contributed by atoms with van der Waals surface area (Å²) in [6.07, 6.45) is -3.40. The predicted molar refractivity (Wildman–Crippen MR) is 77.0 cm³/mol. The lowest BCUT2D eigenvalue weighted by atomic mass is 10.2. The van der Waals surface area contributed by atoms with Gasteiger partial charge in [0.2, 0.25) is 5.91 Å². The van der Waals surface area contributed by atoms with Crippen LogP contribution in [0.15, 0.2) is 0 Å². The summed E-state index contributed by atoms with van der Waals surface area (Å²) in [6, 6.07) is -0.777. The topological polar surface area (TPSA) is 60.9 Å². The number of halogens is 4. The van der Waals surface area contributed by atoms with Gasteiger partial charge in [-0.2, -0.15) is 13.2 Å². The molecule has 1 aliphatic rings. The largest absolute Gasteiger partial charge is 0.480 e. The number of alkyl halides is 3. The highest BCUT2D eigenvalue weighted by Crippen LogP contribution is 2.20. The fraction of sp³-hybridized carbons (Fsp3) is 0.846. The van der Waals surface area contributed by atoms with Crippen molar-refractivity contribution in [3.05, 3.63) is 0 Å². The van der Waals surface area contributed by atoms with Crippen molar-refractivity contribution in [1.29, 1.82) is 0 Å². The van der Waals surface area contributed by atoms with Gasteiger partial charge in [0.25, 0.3) is 0 Å². The van der Waals surface area contributed by atoms with Crippen LogP contribution in [-0.2, 0) is 9.59 Å². The molecule has 1 fully saturated rings. The van der Waals surface area contributed by atoms with E-state index < -0.39 is 30.6 Å². The van der Waals surface area contributed by atoms with Gasteiger partial charge >= 0.3 is 12.1 Å². The second-order valence-electron chi connectivity index (χ2n) is 5.75. The molecule has 0 aromatic rings. The van der Waals surface area contributed by atoms with Crippen LogP contribution in [0.5, 0.6) is 0 Å². The molecule has 1 unspecified atom stereocenters. The molecule has 9 heteroatoms. The highest BCUT2D eigenvalue weighted by Gasteiger charge is 2.36. The number of hydrogen-bond acceptors (Lipinski definition) is 3. The van der Waals surface area contributed by atoms with Crippen LogP contribution >= 0.6 is 12.4 Å². The fourth-order valence-corrected chi connectivity index (χ4v) is 2.48. The number of hydrogen-bond donors (Lipinski definition) is 1. The number of rotatable bonds is 6. The summed E-state index contributed by atoms with van der Waals surface area (Å²) < 4.78 is 37.6. The third-order valence-corrected chi connectivity index (χ3v) is 3.30. The van der Waals surface area contributed by atoms with Gasteiger partial charge in [-0.25, -0.2) is 0 Å². The summed E-state index contributed by atoms with van der Waals surface area (Å²) in [5.41, 5.74) is 0. The third-order valence-electron chi connectivity index (χ3n) is 3.30. The van der Waals surface area contributed by atoms with Gasteiger partial charge in [0.1, 0.15) is 12.6 Å². The number of carboxylic acid groups (broad SMARTS) is 1. The molecule has 1 saturated heterocycles. The molecule has 0 bridgehead atoms. The molecule has 1 heterocycles. The Kier molecular flexibility index (Phi) is 8.17. The first-order chi connectivity index (χ1) is 9.60. The molecule has 22 heavy (non-hydrogen) atoms. The third kappa shape index (κ3) is 6.83. The Bertz CT molecular complexity index is 391. The Morgan fingerprint density at radius 3 is 2.41 bits per heavy atom. The highest BCUT2D eigenvalue weighted by atomic mass is 35.5. The molecule has 1 rings (SSSR count). The Morgan fingerprint density at radius 2 is 1.95 bits per heavy atom. The number of carbonyl (C=O) groups excluding carboxylic acids is 1. The summed E-state index contributed by atoms with van der Waals surface area (Å²) >= 11 is 0. The van der Waals surface area contributed by atoms with Crippen molar-refractivity contribution < 1.29 is 27.9 Å². The molecular weight excluding hydrogens is 325 g/mol. The quantitative estimate of drug-likeness (QED) is 0.799. The van der Waals surface area contributed by atoms with E-state index in [-0.39, 0.29) is 31.4 Å². The molecule has 130 valence electrons. The maximum absolute atomic E-state index is 12.5. The van der Waals surface area contributed by atoms with Crippen molar-refractivity contribution in [3.63, 3.8) is 0 Å². The maximum Gasteiger partial charge on any atom is 0.406 e. The van der Waals surface area contributed by atoms with Crippen LogP contribution in [0, 0.1) is 5.92 Å². The summed E-state index contributed by atoms with van der Waals surface area (Å²) in [7, 11) is 0. The molecule has 0 aliphatic carbocycles. The van der Waals surface area contributed by atoms with Crippen LogP contribution in [0.1, 0.15) is 26.7 Å². The van der Waals surface area contributed by atoms with Crippen molar-refractivity contribution in [1.82, 2.24) is 9.80 Å². The van der Waals surface area contributed by atoms with E-state index in [1.807, 2.05) is 0 Å². The van der Waals surface area contributed by atoms with E-state index in [1.165, 1.54) is 4.90 Å². The standard InChI is InChI=1S/C13H21F3N2O3.ClH/c1-9(2)6-18(8-13(14,15)16)11(19)7-17-5-3-4-10(17)12(20)21;/h9-10H,3-8H2,1-2H3,(H,20,21);1H. The Morgan fingerprint density at radius 1 is 1.36 bits per heavy atom. The zero-order valence-corrected chi connectivity index (χ0v) is 13.4. The summed E-state index contributed by atoms with van der Waals surface area (Å²) in [4.78, 5) is 25.3. The van der Waals surface area contributed by atoms with E-state index in [4.69, 9.17) is 5.11 Å². The van der Waals surface area contributed by atoms with E-state index in [1.54, 1.807) is 13.8 Å². The van der Waals surface area contributed by atoms with Gasteiger partial charge in [-0.05, 0) is 25.3 Å². The van der Waals surface area contributed by atoms with E-state index in [2.05, 4.69) is 0 Å². The molecule has 0 aromatic heterocycles. The van der Waals surface area contributed by atoms with Crippen LogP contribution in [0.25, 0.3) is 0 Å². The SMILES string of the molecule is CC(C)CN(CC(F)(F)F)C(=O)CN1CCCC1C(=O)O.Cl. The summed E-state index contributed by atoms with van der Waals surface area (Å²) in [5, 5.41) is 9.02. The lowest BCUT2D eigenvalue weighted by Crippen LogP contribution is -2.48. The summed E-state index contributed by atoms with van der Waals surface area (Å²) in [5.74, 6) is -1.80. The maximum atomic E-state index is 12.5. The molecule has 1 N–H and O–H groups in total. The Balaban J connectivity index is 0.00000441. The smallest absolute Gasteiger partial charge is 0.406 e. The molecule has 1 aliphatic heterocycles. The van der Waals surface area contributed by atoms with E-state index in [0.29, 0.717) is 19.4 Å². The van der Waals surface area contributed by atoms with Crippen LogP contribution in [-0.4, -0.2) is 65.2 Å². The Labute approximate surface area is 133 Å². The van der Waals surface area contributed by atoms with E-state index >= 15 is 0 Å². The first-order valence-electron chi connectivity index (χ1n) is 6.91. The van der Waals surface area contributed by atoms with Gasteiger partial charge in [-0.3, -0.25) is 14.5 Å². The number of carbonyl (C=O) groups is 2. The molecule has 0 spiro atoms. The number of amides is 1. The van der Waals surface area contributed by atoms with Crippen molar-refractivity contribution in [2.75, 3.05) is 26.2 Å². The summed E-state index contributed by atoms with van der Waals surface area (Å²) in [6.45, 7) is 2.31. The fourth-order valence-electron chi connectivity index (χ4n) is 2.48. The zero-order chi connectivity index (χ0) is 16.2. The lowest BCUT2D eigenvalue weighted by Gasteiger charge is -2.29. The highest BCUT2D eigenvalue weighted by molar-refractivity contribution is 5.85. The molecule has 0 saturated carbocycles. The normalized spacial score (nSPS) is 19.1. The monoisotopic (exact) mass is 346 g/mol. The number of nitrogens with zero attached hydrogens (tertiary/aromatic N) is 2. The van der Waals surface area contributed by atoms with Gasteiger partial charge in [-0.15, -0.1) is 12.4 Å². The molecular formula is C13H22ClF3N2O3. The number of aliphatic carboxylic acids is 1. The minimum absolute atomic E-state index is 0. The minimum atomic E-state index is -4.46. The van der Waals surface area contributed by atoms with Crippen molar-refractivity contribution in [2.24, 2.45) is 5.92 Å². The lowest BCUT2D eigenvalue weighted by molar-refractivity contribution is -0.163. The molecule has 0 radical (unpaired) electrons. The van der Waals surface area contributed by atoms with Gasteiger partial charge in [0.15, 0.2) is 0 Å². The first-order valence-corrected chi connectivity index (χ1v) is 6.91. The van der Waals surface area contributed by atoms with Crippen LogP contribution < -0.4 is 0 Å². The average Bonchev–Trinajstić information content (AvgIpc) is 2.73. The van der Waals surface area contributed by atoms with E-state index in [0.717, 1.165) is 4.90 Å². The zero-order valence-electron chi connectivity index (χ0n) is 12.6. The van der Waals surface area contributed by atoms with Gasteiger partial charge < -0.3 is 10.0 Å². The van der Waals surface area contributed by atoms with Gasteiger partial charge in [0.05, 0.1) is 6.54 Å². The van der Waals surface area contributed by atoms with Crippen LogP contribution in [0.4, 0.5) is 13.2 Å². The first kappa shape index (κ1) is 21.0. The molecule has 1 amide bonds. The van der Waals surface area contributed by atoms with Gasteiger partial charge in [0, 0.05) is 6.54 Å². The van der Waals surface area contributed by atoms with Crippen molar-refractivity contribution in [2.45, 2.75) is 38.9 Å². The van der Waals surface area contributed by atoms with Gasteiger partial charge in [-0.1, -0.05) is 13.8 Å². The number of likely N-dealkylation sites (tertiary alicyclic amines) is 1. The Hall–Kier alpha value is -1.02. The second-order valence-corrected chi connectivity index (χ2v) is 5.75. The van der Waals surface area contributed by atoms with Crippen LogP contribution in [0.2, 0.25) is 0 Å². The second kappa shape index (κ2) is 8.57. The number of carboxylic acids is 1. The molecule has 5 nitrogen and oxygen atoms in total. The molecule has 0 aromatic carbocycles. The van der Waals surface area contributed by atoms with Crippen molar-refractivity contribution in [3.8, 4) is 0 Å². The predicted octanol–water partition coefficient (Wildman–Crippen LogP) is 2.00. The van der Waals surface area contributed by atoms with E-state index in [9.17, 15) is 22.8 Å².